The summed E-state index contributed by atoms with van der Waals surface area (Å²) in [4.78, 5) is 15.9. The first kappa shape index (κ1) is 19.6. The molecule has 1 heterocycles. The van der Waals surface area contributed by atoms with E-state index in [0.717, 1.165) is 43.2 Å². The van der Waals surface area contributed by atoms with E-state index in [9.17, 15) is 4.79 Å². The van der Waals surface area contributed by atoms with Gasteiger partial charge in [-0.1, -0.05) is 24.3 Å². The number of rotatable bonds is 9. The second-order valence-corrected chi connectivity index (χ2v) is 5.83. The Hall–Kier alpha value is -2.76. The highest BCUT2D eigenvalue weighted by atomic mass is 16.5. The highest BCUT2D eigenvalue weighted by Gasteiger charge is 2.04. The molecule has 0 aliphatic heterocycles. The summed E-state index contributed by atoms with van der Waals surface area (Å²) >= 11 is 0. The Labute approximate surface area is 154 Å². The van der Waals surface area contributed by atoms with Crippen LogP contribution >= 0.6 is 0 Å². The van der Waals surface area contributed by atoms with E-state index in [2.05, 4.69) is 15.6 Å². The number of aromatic nitrogens is 1. The van der Waals surface area contributed by atoms with Crippen LogP contribution in [0.15, 0.2) is 58.4 Å². The molecule has 0 unspecified atom stereocenters. The fourth-order valence-corrected chi connectivity index (χ4v) is 2.61. The third kappa shape index (κ3) is 6.27. The minimum atomic E-state index is 0.0471. The summed E-state index contributed by atoms with van der Waals surface area (Å²) in [5.41, 5.74) is 1.15. The molecule has 1 aromatic carbocycles. The normalized spacial score (nSPS) is 11.2. The van der Waals surface area contributed by atoms with Crippen molar-refractivity contribution in [3.8, 4) is 5.75 Å². The van der Waals surface area contributed by atoms with E-state index >= 15 is 0 Å². The van der Waals surface area contributed by atoms with E-state index in [1.165, 1.54) is 0 Å². The van der Waals surface area contributed by atoms with Gasteiger partial charge in [0.25, 0.3) is 0 Å². The van der Waals surface area contributed by atoms with Gasteiger partial charge < -0.3 is 19.9 Å². The van der Waals surface area contributed by atoms with Gasteiger partial charge in [-0.15, -0.1) is 0 Å². The minimum absolute atomic E-state index is 0.0471. The molecule has 2 aromatic rings. The van der Waals surface area contributed by atoms with Crippen molar-refractivity contribution in [2.24, 2.45) is 4.99 Å². The van der Waals surface area contributed by atoms with Crippen molar-refractivity contribution in [3.05, 3.63) is 64.6 Å². The molecule has 0 bridgehead atoms. The lowest BCUT2D eigenvalue weighted by molar-refractivity contribution is 0.336. The van der Waals surface area contributed by atoms with Crippen LogP contribution in [0.3, 0.4) is 0 Å². The van der Waals surface area contributed by atoms with Crippen LogP contribution in [0.1, 0.15) is 25.3 Å². The van der Waals surface area contributed by atoms with Gasteiger partial charge in [0.15, 0.2) is 5.96 Å². The topological polar surface area (TPSA) is 67.7 Å². The molecule has 0 saturated heterocycles. The lowest BCUT2D eigenvalue weighted by Crippen LogP contribution is -2.37. The molecule has 0 radical (unpaired) electrons. The molecule has 2 N–H and O–H groups in total. The Morgan fingerprint density at radius 2 is 1.92 bits per heavy atom. The quantitative estimate of drug-likeness (QED) is 0.411. The highest BCUT2D eigenvalue weighted by Crippen LogP contribution is 2.17. The zero-order chi connectivity index (χ0) is 18.6. The first-order chi connectivity index (χ1) is 12.7. The third-order valence-corrected chi connectivity index (χ3v) is 3.96. The van der Waals surface area contributed by atoms with E-state index in [1.54, 1.807) is 23.7 Å². The lowest BCUT2D eigenvalue weighted by Gasteiger charge is -2.14. The summed E-state index contributed by atoms with van der Waals surface area (Å²) in [5, 5.41) is 6.61. The second kappa shape index (κ2) is 11.0. The van der Waals surface area contributed by atoms with Crippen LogP contribution in [-0.2, 0) is 13.1 Å². The zero-order valence-electron chi connectivity index (χ0n) is 15.6. The van der Waals surface area contributed by atoms with E-state index in [4.69, 9.17) is 4.74 Å². The monoisotopic (exact) mass is 356 g/mol. The molecule has 1 aromatic heterocycles. The lowest BCUT2D eigenvalue weighted by atomic mass is 10.2. The van der Waals surface area contributed by atoms with Crippen molar-refractivity contribution in [1.29, 1.82) is 0 Å². The molecule has 0 aliphatic carbocycles. The Kier molecular flexibility index (Phi) is 8.26. The number of pyridine rings is 1. The number of hydrogen-bond donors (Lipinski definition) is 2. The summed E-state index contributed by atoms with van der Waals surface area (Å²) in [6.45, 7) is 4.81. The maximum Gasteiger partial charge on any atom is 0.250 e. The Morgan fingerprint density at radius 3 is 2.69 bits per heavy atom. The van der Waals surface area contributed by atoms with Crippen LogP contribution in [0.4, 0.5) is 0 Å². The van der Waals surface area contributed by atoms with E-state index < -0.39 is 0 Å². The van der Waals surface area contributed by atoms with Crippen molar-refractivity contribution in [2.45, 2.75) is 32.9 Å². The first-order valence-electron chi connectivity index (χ1n) is 9.05. The van der Waals surface area contributed by atoms with Crippen molar-refractivity contribution in [1.82, 2.24) is 15.2 Å². The molecule has 26 heavy (non-hydrogen) atoms. The predicted octanol–water partition coefficient (Wildman–Crippen LogP) is 2.39. The van der Waals surface area contributed by atoms with Gasteiger partial charge in [-0.2, -0.15) is 0 Å². The smallest absolute Gasteiger partial charge is 0.250 e. The van der Waals surface area contributed by atoms with Gasteiger partial charge in [0.05, 0.1) is 6.61 Å². The number of benzene rings is 1. The number of para-hydroxylation sites is 1. The van der Waals surface area contributed by atoms with Crippen LogP contribution in [0.2, 0.25) is 0 Å². The number of nitrogens with zero attached hydrogens (tertiary/aromatic N) is 2. The SMILES string of the molecule is CCOc1ccccc1CNC(=NC)NCCCCn1ccccc1=O. The number of guanidine groups is 1. The number of aryl methyl sites for hydroxylation is 1. The second-order valence-electron chi connectivity index (χ2n) is 5.83. The van der Waals surface area contributed by atoms with Crippen LogP contribution in [0.25, 0.3) is 0 Å². The number of aliphatic imine (C=N–C) groups is 1. The van der Waals surface area contributed by atoms with Crippen LogP contribution < -0.4 is 20.9 Å². The number of ether oxygens (including phenoxy) is 1. The molecule has 0 atom stereocenters. The molecule has 0 fully saturated rings. The molecule has 0 spiro atoms. The maximum atomic E-state index is 11.6. The van der Waals surface area contributed by atoms with Crippen molar-refractivity contribution in [2.75, 3.05) is 20.2 Å². The molecule has 0 aliphatic rings. The summed E-state index contributed by atoms with van der Waals surface area (Å²) < 4.78 is 7.37. The maximum absolute atomic E-state index is 11.6. The first-order valence-corrected chi connectivity index (χ1v) is 9.05. The summed E-state index contributed by atoms with van der Waals surface area (Å²) in [7, 11) is 1.76. The molecule has 0 amide bonds. The predicted molar refractivity (Wildman–Crippen MR) is 106 cm³/mol. The average molecular weight is 356 g/mol. The largest absolute Gasteiger partial charge is 0.494 e. The Bertz CT molecular complexity index is 755. The van der Waals surface area contributed by atoms with Crippen molar-refractivity contribution in [3.63, 3.8) is 0 Å². The standard InChI is InChI=1S/C20H28N4O2/c1-3-26-18-11-5-4-10-17(18)16-23-20(21-2)22-13-7-9-15-24-14-8-6-12-19(24)25/h4-6,8,10-12,14H,3,7,9,13,15-16H2,1-2H3,(H2,21,22,23). The van der Waals surface area contributed by atoms with Gasteiger partial charge in [-0.3, -0.25) is 9.79 Å². The van der Waals surface area contributed by atoms with Crippen molar-refractivity contribution < 1.29 is 4.74 Å². The third-order valence-electron chi connectivity index (χ3n) is 3.96. The van der Waals surface area contributed by atoms with E-state index in [1.807, 2.05) is 43.5 Å². The van der Waals surface area contributed by atoms with Crippen molar-refractivity contribution >= 4 is 5.96 Å². The molecular formula is C20H28N4O2. The van der Waals surface area contributed by atoms with Crippen LogP contribution in [0.5, 0.6) is 5.75 Å². The summed E-state index contributed by atoms with van der Waals surface area (Å²) in [5.74, 6) is 1.65. The van der Waals surface area contributed by atoms with Gasteiger partial charge >= 0.3 is 0 Å². The fourth-order valence-electron chi connectivity index (χ4n) is 2.61. The van der Waals surface area contributed by atoms with Gasteiger partial charge in [0.1, 0.15) is 5.75 Å². The number of hydrogen-bond acceptors (Lipinski definition) is 3. The highest BCUT2D eigenvalue weighted by molar-refractivity contribution is 5.79. The van der Waals surface area contributed by atoms with Crippen LogP contribution in [-0.4, -0.2) is 30.7 Å². The molecule has 6 heteroatoms. The number of unbranched alkanes of at least 4 members (excludes halogenated alkanes) is 1. The van der Waals surface area contributed by atoms with Crippen LogP contribution in [0, 0.1) is 0 Å². The van der Waals surface area contributed by atoms with Gasteiger partial charge in [0.2, 0.25) is 5.56 Å². The molecule has 2 rings (SSSR count). The van der Waals surface area contributed by atoms with E-state index in [-0.39, 0.29) is 5.56 Å². The fraction of sp³-hybridized carbons (Fsp3) is 0.400. The summed E-state index contributed by atoms with van der Waals surface area (Å²) in [6.07, 6.45) is 3.71. The van der Waals surface area contributed by atoms with Gasteiger partial charge in [-0.25, -0.2) is 0 Å². The Balaban J connectivity index is 1.71. The summed E-state index contributed by atoms with van der Waals surface area (Å²) in [6, 6.07) is 13.2. The molecule has 0 saturated carbocycles. The average Bonchev–Trinajstić information content (AvgIpc) is 2.66. The van der Waals surface area contributed by atoms with Gasteiger partial charge in [-0.05, 0) is 31.9 Å². The van der Waals surface area contributed by atoms with Gasteiger partial charge in [0, 0.05) is 44.5 Å². The molecule has 6 nitrogen and oxygen atoms in total. The molecular weight excluding hydrogens is 328 g/mol. The minimum Gasteiger partial charge on any atom is -0.494 e. The van der Waals surface area contributed by atoms with E-state index in [0.29, 0.717) is 13.2 Å². The molecule has 140 valence electrons. The number of nitrogens with one attached hydrogen (secondary N) is 2. The zero-order valence-corrected chi connectivity index (χ0v) is 15.6. The Morgan fingerprint density at radius 1 is 1.12 bits per heavy atom.